The highest BCUT2D eigenvalue weighted by atomic mass is 19.3. The maximum absolute atomic E-state index is 12.4. The molecular weight excluding hydrogens is 328 g/mol. The lowest BCUT2D eigenvalue weighted by Gasteiger charge is -2.18. The van der Waals surface area contributed by atoms with Crippen LogP contribution in [0, 0.1) is 17.3 Å². The average Bonchev–Trinajstić information content (AvgIpc) is 3.11. The molecular formula is C13H12F4O6. The molecule has 2 aliphatic rings. The van der Waals surface area contributed by atoms with Gasteiger partial charge in [0.25, 0.3) is 0 Å². The highest BCUT2D eigenvalue weighted by Crippen LogP contribution is 2.63. The summed E-state index contributed by atoms with van der Waals surface area (Å²) in [6.07, 6.45) is -2.84. The molecule has 0 aromatic carbocycles. The Morgan fingerprint density at radius 2 is 1.26 bits per heavy atom. The van der Waals surface area contributed by atoms with Crippen LogP contribution in [-0.4, -0.2) is 47.6 Å². The van der Waals surface area contributed by atoms with Gasteiger partial charge in [-0.2, -0.15) is 17.6 Å². The molecule has 2 aliphatic carbocycles. The molecule has 0 aromatic heterocycles. The molecule has 2 N–H and O–H groups in total. The summed E-state index contributed by atoms with van der Waals surface area (Å²) in [6.45, 7) is -3.38. The van der Waals surface area contributed by atoms with E-state index >= 15 is 0 Å². The van der Waals surface area contributed by atoms with Gasteiger partial charge in [0.15, 0.2) is 18.6 Å². The van der Waals surface area contributed by atoms with Crippen molar-refractivity contribution in [3.05, 3.63) is 24.3 Å². The lowest BCUT2D eigenvalue weighted by Crippen LogP contribution is -2.37. The smallest absolute Gasteiger partial charge is 0.387 e. The zero-order valence-electron chi connectivity index (χ0n) is 11.4. The molecule has 0 heterocycles. The second-order valence-corrected chi connectivity index (χ2v) is 5.17. The van der Waals surface area contributed by atoms with E-state index in [2.05, 4.69) is 9.47 Å². The highest BCUT2D eigenvalue weighted by molar-refractivity contribution is 6.05. The molecule has 0 radical (unpaired) electrons. The van der Waals surface area contributed by atoms with Crippen LogP contribution >= 0.6 is 0 Å². The summed E-state index contributed by atoms with van der Waals surface area (Å²) in [5, 5.41) is 16.5. The Labute approximate surface area is 127 Å². The van der Waals surface area contributed by atoms with Crippen LogP contribution in [0.5, 0.6) is 0 Å². The molecule has 0 aromatic rings. The SMILES string of the molecule is O=C(OCC(O)(F)F)C1(C(=O)OCC(O)(F)F)C2C=CC=CC21. The van der Waals surface area contributed by atoms with E-state index in [0.29, 0.717) is 0 Å². The maximum Gasteiger partial charge on any atom is 0.387 e. The van der Waals surface area contributed by atoms with Gasteiger partial charge in [-0.25, -0.2) is 0 Å². The standard InChI is InChI=1S/C13H12F4O6/c14-11(15,20)5-22-9(18)13(7-3-1-2-4-8(7)13)10(19)23-6-12(16,17)21/h1-4,7-8,20-21H,5-6H2. The molecule has 2 atom stereocenters. The molecule has 1 fully saturated rings. The van der Waals surface area contributed by atoms with Crippen LogP contribution in [0.15, 0.2) is 24.3 Å². The number of esters is 2. The molecule has 128 valence electrons. The van der Waals surface area contributed by atoms with E-state index in [1.165, 1.54) is 24.3 Å². The lowest BCUT2D eigenvalue weighted by atomic mass is 10.0. The van der Waals surface area contributed by atoms with Gasteiger partial charge < -0.3 is 19.7 Å². The minimum atomic E-state index is -4.30. The van der Waals surface area contributed by atoms with Crippen LogP contribution in [0.25, 0.3) is 0 Å². The quantitative estimate of drug-likeness (QED) is 0.418. The first-order valence-corrected chi connectivity index (χ1v) is 6.38. The van der Waals surface area contributed by atoms with E-state index in [9.17, 15) is 27.2 Å². The lowest BCUT2D eigenvalue weighted by molar-refractivity contribution is -0.238. The number of ether oxygens (including phenoxy) is 2. The predicted molar refractivity (Wildman–Crippen MR) is 63.9 cm³/mol. The fraction of sp³-hybridized carbons (Fsp3) is 0.538. The number of hydrogen-bond acceptors (Lipinski definition) is 6. The minimum Gasteiger partial charge on any atom is -0.455 e. The zero-order chi connectivity index (χ0) is 17.5. The van der Waals surface area contributed by atoms with Gasteiger partial charge in [0.1, 0.15) is 0 Å². The highest BCUT2D eigenvalue weighted by Gasteiger charge is 2.75. The summed E-state index contributed by atoms with van der Waals surface area (Å²) in [4.78, 5) is 24.0. The van der Waals surface area contributed by atoms with Crippen LogP contribution in [0.4, 0.5) is 17.6 Å². The van der Waals surface area contributed by atoms with Crippen molar-refractivity contribution in [2.75, 3.05) is 13.2 Å². The maximum atomic E-state index is 12.4. The average molecular weight is 340 g/mol. The Kier molecular flexibility index (Phi) is 4.24. The summed E-state index contributed by atoms with van der Waals surface area (Å²) < 4.78 is 57.9. The van der Waals surface area contributed by atoms with Crippen molar-refractivity contribution in [2.45, 2.75) is 12.2 Å². The third-order valence-electron chi connectivity index (χ3n) is 3.51. The van der Waals surface area contributed by atoms with Crippen LogP contribution in [0.1, 0.15) is 0 Å². The molecule has 0 amide bonds. The van der Waals surface area contributed by atoms with E-state index in [1.54, 1.807) is 0 Å². The second kappa shape index (κ2) is 5.60. The Hall–Kier alpha value is -1.94. The molecule has 6 nitrogen and oxygen atoms in total. The summed E-state index contributed by atoms with van der Waals surface area (Å²) in [6, 6.07) is 0. The van der Waals surface area contributed by atoms with E-state index in [-0.39, 0.29) is 0 Å². The van der Waals surface area contributed by atoms with Crippen LogP contribution in [0.2, 0.25) is 0 Å². The van der Waals surface area contributed by atoms with Gasteiger partial charge in [-0.1, -0.05) is 24.3 Å². The van der Waals surface area contributed by atoms with Crippen LogP contribution in [0.3, 0.4) is 0 Å². The minimum absolute atomic E-state index is 0.799. The Morgan fingerprint density at radius 1 is 0.913 bits per heavy atom. The van der Waals surface area contributed by atoms with Crippen molar-refractivity contribution < 1.29 is 46.8 Å². The summed E-state index contributed by atoms with van der Waals surface area (Å²) in [7, 11) is 0. The number of aliphatic hydroxyl groups is 2. The Bertz CT molecular complexity index is 510. The third kappa shape index (κ3) is 3.53. The third-order valence-corrected chi connectivity index (χ3v) is 3.51. The summed E-state index contributed by atoms with van der Waals surface area (Å²) >= 11 is 0. The Morgan fingerprint density at radius 3 is 1.57 bits per heavy atom. The van der Waals surface area contributed by atoms with Gasteiger partial charge in [0, 0.05) is 11.8 Å². The number of halogens is 4. The first-order valence-electron chi connectivity index (χ1n) is 6.38. The van der Waals surface area contributed by atoms with Gasteiger partial charge in [-0.05, 0) is 0 Å². The van der Waals surface area contributed by atoms with Crippen molar-refractivity contribution in [1.82, 2.24) is 0 Å². The molecule has 0 spiro atoms. The number of carbonyl (C=O) groups is 2. The van der Waals surface area contributed by atoms with Gasteiger partial charge in [-0.3, -0.25) is 9.59 Å². The molecule has 0 saturated heterocycles. The fourth-order valence-electron chi connectivity index (χ4n) is 2.52. The number of allylic oxidation sites excluding steroid dienone is 4. The topological polar surface area (TPSA) is 93.1 Å². The van der Waals surface area contributed by atoms with E-state index in [4.69, 9.17) is 10.2 Å². The molecule has 23 heavy (non-hydrogen) atoms. The Balaban J connectivity index is 2.15. The van der Waals surface area contributed by atoms with Crippen molar-refractivity contribution in [3.8, 4) is 0 Å². The predicted octanol–water partition coefficient (Wildman–Crippen LogP) is 0.601. The first-order chi connectivity index (χ1) is 10.5. The number of alkyl halides is 4. The van der Waals surface area contributed by atoms with Crippen LogP contribution in [-0.2, 0) is 19.1 Å². The normalized spacial score (nSPS) is 24.8. The largest absolute Gasteiger partial charge is 0.455 e. The molecule has 2 unspecified atom stereocenters. The second-order valence-electron chi connectivity index (χ2n) is 5.17. The molecule has 10 heteroatoms. The van der Waals surface area contributed by atoms with Gasteiger partial charge in [0.2, 0.25) is 0 Å². The summed E-state index contributed by atoms with van der Waals surface area (Å²) in [5.41, 5.74) is -2.08. The molecule has 2 rings (SSSR count). The van der Waals surface area contributed by atoms with Crippen molar-refractivity contribution >= 4 is 11.9 Å². The molecule has 1 saturated carbocycles. The number of rotatable bonds is 6. The van der Waals surface area contributed by atoms with E-state index < -0.39 is 54.6 Å². The van der Waals surface area contributed by atoms with Gasteiger partial charge >= 0.3 is 24.2 Å². The van der Waals surface area contributed by atoms with Gasteiger partial charge in [-0.15, -0.1) is 0 Å². The summed E-state index contributed by atoms with van der Waals surface area (Å²) in [5.74, 6) is -4.45. The van der Waals surface area contributed by atoms with Crippen molar-refractivity contribution in [2.24, 2.45) is 17.3 Å². The number of fused-ring (bicyclic) bond motifs is 1. The monoisotopic (exact) mass is 340 g/mol. The molecule has 0 aliphatic heterocycles. The van der Waals surface area contributed by atoms with Gasteiger partial charge in [0.05, 0.1) is 0 Å². The number of carbonyl (C=O) groups excluding carboxylic acids is 2. The van der Waals surface area contributed by atoms with Crippen LogP contribution < -0.4 is 0 Å². The van der Waals surface area contributed by atoms with E-state index in [1.807, 2.05) is 0 Å². The zero-order valence-corrected chi connectivity index (χ0v) is 11.4. The van der Waals surface area contributed by atoms with Crippen molar-refractivity contribution in [3.63, 3.8) is 0 Å². The van der Waals surface area contributed by atoms with Crippen molar-refractivity contribution in [1.29, 1.82) is 0 Å². The van der Waals surface area contributed by atoms with E-state index in [0.717, 1.165) is 0 Å². The first kappa shape index (κ1) is 17.4. The fourth-order valence-corrected chi connectivity index (χ4v) is 2.52. The molecule has 0 bridgehead atoms. The number of hydrogen-bond donors (Lipinski definition) is 2.